The van der Waals surface area contributed by atoms with Crippen molar-refractivity contribution in [3.05, 3.63) is 65.2 Å². The molecule has 0 aliphatic carbocycles. The van der Waals surface area contributed by atoms with Gasteiger partial charge in [0.15, 0.2) is 0 Å². The minimum Gasteiger partial charge on any atom is -0.253 e. The molecule has 0 bridgehead atoms. The fourth-order valence-electron chi connectivity index (χ4n) is 1.38. The molecule has 5 heteroatoms. The Labute approximate surface area is 100 Å². The van der Waals surface area contributed by atoms with Crippen molar-refractivity contribution in [3.63, 3.8) is 0 Å². The highest BCUT2D eigenvalue weighted by Gasteiger charge is 2.02. The lowest BCUT2D eigenvalue weighted by molar-refractivity contribution is 0.583. The van der Waals surface area contributed by atoms with Crippen molar-refractivity contribution in [2.45, 2.75) is 0 Å². The van der Waals surface area contributed by atoms with Crippen LogP contribution in [0.25, 0.3) is 0 Å². The Balaban J connectivity index is 2.32. The second-order valence-electron chi connectivity index (χ2n) is 3.56. The first kappa shape index (κ1) is 12.3. The molecule has 18 heavy (non-hydrogen) atoms. The molecule has 0 aliphatic heterocycles. The number of halogens is 4. The number of nitrogens with zero attached hydrogens (tertiary/aromatic N) is 1. The third-order valence-electron chi connectivity index (χ3n) is 2.15. The molecule has 0 saturated carbocycles. The average Bonchev–Trinajstić information content (AvgIpc) is 2.29. The van der Waals surface area contributed by atoms with Gasteiger partial charge in [0, 0.05) is 18.3 Å². The smallest absolute Gasteiger partial charge is 0.149 e. The quantitative estimate of drug-likeness (QED) is 0.566. The van der Waals surface area contributed by atoms with Crippen LogP contribution in [0.2, 0.25) is 0 Å². The molecule has 0 spiro atoms. The number of aliphatic imine (C=N–C) groups is 1. The van der Waals surface area contributed by atoms with Crippen LogP contribution >= 0.6 is 0 Å². The minimum absolute atomic E-state index is 0.121. The van der Waals surface area contributed by atoms with Gasteiger partial charge in [-0.25, -0.2) is 17.6 Å². The van der Waals surface area contributed by atoms with Crippen molar-refractivity contribution in [2.75, 3.05) is 0 Å². The van der Waals surface area contributed by atoms with Crippen LogP contribution in [0.4, 0.5) is 23.2 Å². The maximum atomic E-state index is 13.2. The molecule has 0 N–H and O–H groups in total. The van der Waals surface area contributed by atoms with Gasteiger partial charge >= 0.3 is 0 Å². The van der Waals surface area contributed by atoms with Crippen LogP contribution in [0.5, 0.6) is 0 Å². The maximum absolute atomic E-state index is 13.2. The molecule has 0 heterocycles. The molecule has 92 valence electrons. The lowest BCUT2D eigenvalue weighted by Crippen LogP contribution is -1.87. The highest BCUT2D eigenvalue weighted by Crippen LogP contribution is 2.18. The van der Waals surface area contributed by atoms with Crippen molar-refractivity contribution in [2.24, 2.45) is 4.99 Å². The van der Waals surface area contributed by atoms with Gasteiger partial charge in [-0.2, -0.15) is 0 Å². The zero-order valence-corrected chi connectivity index (χ0v) is 9.00. The molecule has 0 aromatic heterocycles. The highest BCUT2D eigenvalue weighted by atomic mass is 19.1. The largest absolute Gasteiger partial charge is 0.253 e. The topological polar surface area (TPSA) is 12.4 Å². The first-order valence-corrected chi connectivity index (χ1v) is 5.00. The molecule has 0 aliphatic rings. The second kappa shape index (κ2) is 5.00. The van der Waals surface area contributed by atoms with Crippen molar-refractivity contribution >= 4 is 11.9 Å². The summed E-state index contributed by atoms with van der Waals surface area (Å²) >= 11 is 0. The van der Waals surface area contributed by atoms with E-state index in [1.54, 1.807) is 0 Å². The molecular formula is C13H7F4N. The minimum atomic E-state index is -0.767. The number of rotatable bonds is 2. The van der Waals surface area contributed by atoms with Crippen LogP contribution in [0.1, 0.15) is 5.56 Å². The lowest BCUT2D eigenvalue weighted by atomic mass is 10.2. The van der Waals surface area contributed by atoms with Crippen LogP contribution in [0.15, 0.2) is 41.4 Å². The molecule has 0 unspecified atom stereocenters. The summed E-state index contributed by atoms with van der Waals surface area (Å²) in [7, 11) is 0. The summed E-state index contributed by atoms with van der Waals surface area (Å²) < 4.78 is 51.8. The van der Waals surface area contributed by atoms with Gasteiger partial charge in [-0.1, -0.05) is 0 Å². The van der Waals surface area contributed by atoms with Gasteiger partial charge in [-0.05, 0) is 29.8 Å². The Bertz CT molecular complexity index is 588. The molecule has 2 aromatic carbocycles. The molecular weight excluding hydrogens is 246 g/mol. The monoisotopic (exact) mass is 253 g/mol. The molecule has 0 radical (unpaired) electrons. The standard InChI is InChI=1S/C13H7F4N/c14-9-1-2-12(17)13(6-9)18-7-8-3-10(15)5-11(16)4-8/h1-7H. The van der Waals surface area contributed by atoms with Crippen molar-refractivity contribution < 1.29 is 17.6 Å². The molecule has 0 amide bonds. The first-order valence-electron chi connectivity index (χ1n) is 5.00. The van der Waals surface area contributed by atoms with Gasteiger partial charge in [0.1, 0.15) is 29.0 Å². The summed E-state index contributed by atoms with van der Waals surface area (Å²) in [6, 6.07) is 5.54. The van der Waals surface area contributed by atoms with E-state index in [9.17, 15) is 17.6 Å². The van der Waals surface area contributed by atoms with Crippen LogP contribution in [-0.4, -0.2) is 6.21 Å². The predicted octanol–water partition coefficient (Wildman–Crippen LogP) is 3.99. The summed E-state index contributed by atoms with van der Waals surface area (Å²) in [5, 5.41) is 0. The Hall–Kier alpha value is -2.17. The lowest BCUT2D eigenvalue weighted by Gasteiger charge is -1.98. The maximum Gasteiger partial charge on any atom is 0.149 e. The molecule has 0 saturated heterocycles. The Morgan fingerprint density at radius 2 is 1.44 bits per heavy atom. The van der Waals surface area contributed by atoms with E-state index in [1.165, 1.54) is 0 Å². The SMILES string of the molecule is Fc1cc(F)cc(C=Nc2cc(F)ccc2F)c1. The summed E-state index contributed by atoms with van der Waals surface area (Å²) in [6.07, 6.45) is 1.06. The third-order valence-corrected chi connectivity index (χ3v) is 2.15. The van der Waals surface area contributed by atoms with Crippen LogP contribution in [-0.2, 0) is 0 Å². The molecule has 2 aromatic rings. The number of hydrogen-bond donors (Lipinski definition) is 0. The van der Waals surface area contributed by atoms with Gasteiger partial charge in [0.25, 0.3) is 0 Å². The van der Waals surface area contributed by atoms with Crippen LogP contribution in [0, 0.1) is 23.3 Å². The van der Waals surface area contributed by atoms with Crippen molar-refractivity contribution in [3.8, 4) is 0 Å². The third kappa shape index (κ3) is 2.94. The summed E-state index contributed by atoms with van der Waals surface area (Å²) in [5.41, 5.74) is -0.115. The van der Waals surface area contributed by atoms with Gasteiger partial charge < -0.3 is 0 Å². The fourth-order valence-corrected chi connectivity index (χ4v) is 1.38. The Kier molecular flexibility index (Phi) is 3.41. The Morgan fingerprint density at radius 3 is 2.11 bits per heavy atom. The Morgan fingerprint density at radius 1 is 0.778 bits per heavy atom. The van der Waals surface area contributed by atoms with E-state index < -0.39 is 23.3 Å². The summed E-state index contributed by atoms with van der Waals surface area (Å²) in [5.74, 6) is -2.90. The van der Waals surface area contributed by atoms with E-state index in [0.29, 0.717) is 6.07 Å². The normalized spacial score (nSPS) is 11.1. The van der Waals surface area contributed by atoms with E-state index >= 15 is 0 Å². The van der Waals surface area contributed by atoms with Crippen molar-refractivity contribution in [1.82, 2.24) is 0 Å². The second-order valence-corrected chi connectivity index (χ2v) is 3.56. The van der Waals surface area contributed by atoms with E-state index in [2.05, 4.69) is 4.99 Å². The summed E-state index contributed by atoms with van der Waals surface area (Å²) in [4.78, 5) is 3.65. The van der Waals surface area contributed by atoms with Gasteiger partial charge in [-0.3, -0.25) is 4.99 Å². The zero-order chi connectivity index (χ0) is 13.1. The van der Waals surface area contributed by atoms with E-state index in [1.807, 2.05) is 0 Å². The number of hydrogen-bond acceptors (Lipinski definition) is 1. The first-order chi connectivity index (χ1) is 8.54. The van der Waals surface area contributed by atoms with E-state index in [4.69, 9.17) is 0 Å². The van der Waals surface area contributed by atoms with Crippen LogP contribution < -0.4 is 0 Å². The predicted molar refractivity (Wildman–Crippen MR) is 60.0 cm³/mol. The fraction of sp³-hybridized carbons (Fsp3) is 0. The zero-order valence-electron chi connectivity index (χ0n) is 9.00. The van der Waals surface area contributed by atoms with E-state index in [0.717, 1.165) is 36.5 Å². The van der Waals surface area contributed by atoms with Gasteiger partial charge in [-0.15, -0.1) is 0 Å². The van der Waals surface area contributed by atoms with Crippen LogP contribution in [0.3, 0.4) is 0 Å². The van der Waals surface area contributed by atoms with Crippen molar-refractivity contribution in [1.29, 1.82) is 0 Å². The molecule has 2 rings (SSSR count). The molecule has 1 nitrogen and oxygen atoms in total. The highest BCUT2D eigenvalue weighted by molar-refractivity contribution is 5.81. The van der Waals surface area contributed by atoms with Gasteiger partial charge in [0.2, 0.25) is 0 Å². The van der Waals surface area contributed by atoms with Gasteiger partial charge in [0.05, 0.1) is 0 Å². The van der Waals surface area contributed by atoms with E-state index in [-0.39, 0.29) is 11.3 Å². The molecule has 0 fully saturated rings. The average molecular weight is 253 g/mol. The summed E-state index contributed by atoms with van der Waals surface area (Å²) in [6.45, 7) is 0. The molecule has 0 atom stereocenters. The number of benzene rings is 2.